The molecule has 0 N–H and O–H groups in total. The zero-order chi connectivity index (χ0) is 23.5. The van der Waals surface area contributed by atoms with Crippen LogP contribution in [0.2, 0.25) is 0 Å². The number of fused-ring (bicyclic) bond motifs is 1. The summed E-state index contributed by atoms with van der Waals surface area (Å²) in [6.45, 7) is 6.12. The van der Waals surface area contributed by atoms with Crippen molar-refractivity contribution in [1.29, 1.82) is 0 Å². The number of aromatic nitrogens is 2. The third kappa shape index (κ3) is 5.47. The maximum absolute atomic E-state index is 12.9. The van der Waals surface area contributed by atoms with Crippen LogP contribution in [0.25, 0.3) is 11.4 Å². The van der Waals surface area contributed by atoms with Gasteiger partial charge in [-0.05, 0) is 61.5 Å². The molecular weight excluding hydrogens is 437 g/mol. The first-order valence-electron chi connectivity index (χ1n) is 11.9. The molecule has 1 fully saturated rings. The molecule has 3 heterocycles. The maximum Gasteiger partial charge on any atom is 0.416 e. The van der Waals surface area contributed by atoms with E-state index in [2.05, 4.69) is 45.1 Å². The molecule has 0 spiro atoms. The van der Waals surface area contributed by atoms with Gasteiger partial charge in [0.2, 0.25) is 0 Å². The van der Waals surface area contributed by atoms with Crippen molar-refractivity contribution in [2.75, 3.05) is 26.2 Å². The van der Waals surface area contributed by atoms with Gasteiger partial charge in [-0.2, -0.15) is 13.2 Å². The van der Waals surface area contributed by atoms with Gasteiger partial charge in [0, 0.05) is 37.9 Å². The Morgan fingerprint density at radius 3 is 2.32 bits per heavy atom. The van der Waals surface area contributed by atoms with E-state index in [0.717, 1.165) is 69.1 Å². The van der Waals surface area contributed by atoms with Crippen LogP contribution in [0.5, 0.6) is 0 Å². The first kappa shape index (κ1) is 23.0. The Balaban J connectivity index is 1.17. The van der Waals surface area contributed by atoms with Crippen LogP contribution in [0.4, 0.5) is 13.2 Å². The van der Waals surface area contributed by atoms with E-state index < -0.39 is 11.7 Å². The van der Waals surface area contributed by atoms with Gasteiger partial charge in [0.25, 0.3) is 0 Å². The van der Waals surface area contributed by atoms with Crippen molar-refractivity contribution in [2.45, 2.75) is 38.5 Å². The van der Waals surface area contributed by atoms with Crippen LogP contribution in [0.15, 0.2) is 60.8 Å². The van der Waals surface area contributed by atoms with Crippen LogP contribution < -0.4 is 0 Å². The summed E-state index contributed by atoms with van der Waals surface area (Å²) in [5.74, 6) is 1.17. The molecule has 34 heavy (non-hydrogen) atoms. The normalized spacial score (nSPS) is 18.1. The Morgan fingerprint density at radius 2 is 1.62 bits per heavy atom. The van der Waals surface area contributed by atoms with Gasteiger partial charge in [0.1, 0.15) is 0 Å². The van der Waals surface area contributed by atoms with Crippen molar-refractivity contribution in [3.8, 4) is 11.4 Å². The standard InChI is InChI=1S/C27H29F3N4/c28-27(29,30)24-8-6-22(7-9-24)26-31-16-23-12-15-34(19-25(23)32-26)18-21-10-13-33(14-11-21)17-20-4-2-1-3-5-20/h1-9,16,21H,10-15,17-19H2. The van der Waals surface area contributed by atoms with Gasteiger partial charge in [0.15, 0.2) is 5.82 Å². The van der Waals surface area contributed by atoms with E-state index in [1.807, 2.05) is 6.20 Å². The molecule has 178 valence electrons. The monoisotopic (exact) mass is 466 g/mol. The van der Waals surface area contributed by atoms with E-state index in [0.29, 0.717) is 17.3 Å². The molecule has 0 aliphatic carbocycles. The number of hydrogen-bond acceptors (Lipinski definition) is 4. The Hall–Kier alpha value is -2.77. The predicted octanol–water partition coefficient (Wildman–Crippen LogP) is 5.43. The summed E-state index contributed by atoms with van der Waals surface area (Å²) < 4.78 is 38.6. The molecule has 5 rings (SSSR count). The molecule has 1 aromatic heterocycles. The molecule has 0 bridgehead atoms. The van der Waals surface area contributed by atoms with Gasteiger partial charge < -0.3 is 0 Å². The molecular formula is C27H29F3N4. The van der Waals surface area contributed by atoms with Crippen molar-refractivity contribution in [1.82, 2.24) is 19.8 Å². The number of benzene rings is 2. The van der Waals surface area contributed by atoms with E-state index >= 15 is 0 Å². The smallest absolute Gasteiger partial charge is 0.299 e. The van der Waals surface area contributed by atoms with Gasteiger partial charge >= 0.3 is 6.18 Å². The zero-order valence-electron chi connectivity index (χ0n) is 19.1. The average Bonchev–Trinajstić information content (AvgIpc) is 2.85. The second-order valence-corrected chi connectivity index (χ2v) is 9.43. The number of alkyl halides is 3. The van der Waals surface area contributed by atoms with Crippen molar-refractivity contribution < 1.29 is 13.2 Å². The van der Waals surface area contributed by atoms with Crippen LogP contribution in [0.3, 0.4) is 0 Å². The molecule has 1 saturated heterocycles. The summed E-state index contributed by atoms with van der Waals surface area (Å²) in [5.41, 5.74) is 3.47. The highest BCUT2D eigenvalue weighted by molar-refractivity contribution is 5.56. The molecule has 2 aromatic carbocycles. The van der Waals surface area contributed by atoms with Crippen LogP contribution in [0.1, 0.15) is 35.2 Å². The molecule has 4 nitrogen and oxygen atoms in total. The Kier molecular flexibility index (Phi) is 6.66. The molecule has 2 aliphatic rings. The first-order chi connectivity index (χ1) is 16.4. The fourth-order valence-corrected chi connectivity index (χ4v) is 4.99. The summed E-state index contributed by atoms with van der Waals surface area (Å²) >= 11 is 0. The summed E-state index contributed by atoms with van der Waals surface area (Å²) in [7, 11) is 0. The van der Waals surface area contributed by atoms with Crippen molar-refractivity contribution in [3.63, 3.8) is 0 Å². The lowest BCUT2D eigenvalue weighted by Gasteiger charge is -2.36. The van der Waals surface area contributed by atoms with E-state index in [9.17, 15) is 13.2 Å². The summed E-state index contributed by atoms with van der Waals surface area (Å²) in [4.78, 5) is 14.2. The van der Waals surface area contributed by atoms with Crippen molar-refractivity contribution in [2.24, 2.45) is 5.92 Å². The largest absolute Gasteiger partial charge is 0.416 e. The van der Waals surface area contributed by atoms with Gasteiger partial charge in [-0.15, -0.1) is 0 Å². The number of hydrogen-bond donors (Lipinski definition) is 0. The van der Waals surface area contributed by atoms with Gasteiger partial charge in [-0.1, -0.05) is 42.5 Å². The minimum Gasteiger partial charge on any atom is -0.299 e. The topological polar surface area (TPSA) is 32.3 Å². The van der Waals surface area contributed by atoms with E-state index in [4.69, 9.17) is 4.98 Å². The van der Waals surface area contributed by atoms with Crippen LogP contribution >= 0.6 is 0 Å². The quantitative estimate of drug-likeness (QED) is 0.502. The SMILES string of the molecule is FC(F)(F)c1ccc(-c2ncc3c(n2)CN(CC2CCN(Cc4ccccc4)CC2)CC3)cc1. The van der Waals surface area contributed by atoms with E-state index in [1.54, 1.807) is 0 Å². The minimum atomic E-state index is -4.34. The zero-order valence-corrected chi connectivity index (χ0v) is 19.1. The number of nitrogens with zero attached hydrogens (tertiary/aromatic N) is 4. The fraction of sp³-hybridized carbons (Fsp3) is 0.407. The Morgan fingerprint density at radius 1 is 0.882 bits per heavy atom. The third-order valence-corrected chi connectivity index (χ3v) is 6.97. The van der Waals surface area contributed by atoms with Crippen LogP contribution in [-0.2, 0) is 25.7 Å². The Bertz CT molecular complexity index is 1090. The highest BCUT2D eigenvalue weighted by atomic mass is 19.4. The second kappa shape index (κ2) is 9.84. The summed E-state index contributed by atoms with van der Waals surface area (Å²) in [6, 6.07) is 15.7. The van der Waals surface area contributed by atoms with E-state index in [1.165, 1.54) is 30.5 Å². The molecule has 0 radical (unpaired) electrons. The Labute approximate surface area is 198 Å². The van der Waals surface area contributed by atoms with Gasteiger partial charge in [-0.3, -0.25) is 9.80 Å². The number of likely N-dealkylation sites (tertiary alicyclic amines) is 1. The molecule has 0 unspecified atom stereocenters. The average molecular weight is 467 g/mol. The fourth-order valence-electron chi connectivity index (χ4n) is 4.99. The van der Waals surface area contributed by atoms with Crippen LogP contribution in [0, 0.1) is 5.92 Å². The molecule has 3 aromatic rings. The van der Waals surface area contributed by atoms with E-state index in [-0.39, 0.29) is 0 Å². The predicted molar refractivity (Wildman–Crippen MR) is 126 cm³/mol. The number of rotatable bonds is 5. The van der Waals surface area contributed by atoms with Crippen molar-refractivity contribution in [3.05, 3.63) is 83.2 Å². The summed E-state index contributed by atoms with van der Waals surface area (Å²) in [5, 5.41) is 0. The molecule has 0 saturated carbocycles. The summed E-state index contributed by atoms with van der Waals surface area (Å²) in [6.07, 6.45) is 0.825. The molecule has 0 amide bonds. The third-order valence-electron chi connectivity index (χ3n) is 6.97. The molecule has 0 atom stereocenters. The van der Waals surface area contributed by atoms with Gasteiger partial charge in [-0.25, -0.2) is 9.97 Å². The highest BCUT2D eigenvalue weighted by Gasteiger charge is 2.30. The number of piperidine rings is 1. The molecule has 2 aliphatic heterocycles. The minimum absolute atomic E-state index is 0.489. The van der Waals surface area contributed by atoms with Crippen LogP contribution in [-0.4, -0.2) is 45.9 Å². The first-order valence-corrected chi connectivity index (χ1v) is 11.9. The lowest BCUT2D eigenvalue weighted by molar-refractivity contribution is -0.137. The lowest BCUT2D eigenvalue weighted by atomic mass is 9.94. The van der Waals surface area contributed by atoms with Crippen molar-refractivity contribution >= 4 is 0 Å². The maximum atomic E-state index is 12.9. The molecule has 7 heteroatoms. The van der Waals surface area contributed by atoms with Gasteiger partial charge in [0.05, 0.1) is 11.3 Å². The second-order valence-electron chi connectivity index (χ2n) is 9.43. The number of halogens is 3. The highest BCUT2D eigenvalue weighted by Crippen LogP contribution is 2.31. The lowest BCUT2D eigenvalue weighted by Crippen LogP contribution is -2.40.